The number of hydrogen-bond acceptors (Lipinski definition) is 2. The smallest absolute Gasteiger partial charge is 0.258 e. The number of rotatable bonds is 8. The first kappa shape index (κ1) is 20.5. The van der Waals surface area contributed by atoms with Crippen molar-refractivity contribution in [3.63, 3.8) is 0 Å². The van der Waals surface area contributed by atoms with E-state index < -0.39 is 17.5 Å². The molecule has 0 aliphatic heterocycles. The fourth-order valence-electron chi connectivity index (χ4n) is 2.64. The highest BCUT2D eigenvalue weighted by Gasteiger charge is 2.13. The van der Waals surface area contributed by atoms with E-state index in [9.17, 15) is 18.4 Å². The standard InChI is InChI=1S/C20H23F2N3O2/c1-3-25(4-2)12-11-23-19(26)14-5-8-16(9-6-14)24-20(27)17-10-7-15(21)13-18(17)22/h5-10,13H,3-4,11-12H2,1-2H3,(H,23,26)(H,24,27)/p+1. The van der Waals surface area contributed by atoms with Gasteiger partial charge in [0.15, 0.2) is 0 Å². The van der Waals surface area contributed by atoms with Crippen molar-refractivity contribution >= 4 is 17.5 Å². The maximum Gasteiger partial charge on any atom is 0.258 e. The van der Waals surface area contributed by atoms with E-state index in [1.807, 2.05) is 0 Å². The summed E-state index contributed by atoms with van der Waals surface area (Å²) in [6.07, 6.45) is 0. The van der Waals surface area contributed by atoms with Crippen LogP contribution in [-0.2, 0) is 0 Å². The first-order chi connectivity index (χ1) is 12.9. The zero-order valence-electron chi connectivity index (χ0n) is 15.4. The van der Waals surface area contributed by atoms with Gasteiger partial charge in [-0.3, -0.25) is 9.59 Å². The van der Waals surface area contributed by atoms with Crippen LogP contribution in [0.3, 0.4) is 0 Å². The molecule has 0 spiro atoms. The molecule has 27 heavy (non-hydrogen) atoms. The summed E-state index contributed by atoms with van der Waals surface area (Å²) in [4.78, 5) is 25.6. The number of likely N-dealkylation sites (N-methyl/N-ethyl adjacent to an activating group) is 1. The van der Waals surface area contributed by atoms with Crippen LogP contribution in [0.5, 0.6) is 0 Å². The fourth-order valence-corrected chi connectivity index (χ4v) is 2.64. The lowest BCUT2D eigenvalue weighted by Crippen LogP contribution is -3.12. The van der Waals surface area contributed by atoms with Crippen LogP contribution in [0.1, 0.15) is 34.6 Å². The third kappa shape index (κ3) is 5.86. The van der Waals surface area contributed by atoms with Crippen LogP contribution in [0, 0.1) is 11.6 Å². The zero-order chi connectivity index (χ0) is 19.8. The number of hydrogen-bond donors (Lipinski definition) is 3. The SMILES string of the molecule is CC[NH+](CC)CCNC(=O)c1ccc(NC(=O)c2ccc(F)cc2F)cc1. The van der Waals surface area contributed by atoms with Crippen LogP contribution in [0.15, 0.2) is 42.5 Å². The van der Waals surface area contributed by atoms with Gasteiger partial charge in [-0.25, -0.2) is 8.78 Å². The van der Waals surface area contributed by atoms with E-state index in [0.717, 1.165) is 31.8 Å². The van der Waals surface area contributed by atoms with Crippen molar-refractivity contribution in [1.82, 2.24) is 5.32 Å². The molecule has 0 aliphatic rings. The molecule has 0 atom stereocenters. The van der Waals surface area contributed by atoms with Crippen molar-refractivity contribution in [2.75, 3.05) is 31.5 Å². The maximum atomic E-state index is 13.6. The van der Waals surface area contributed by atoms with Crippen molar-refractivity contribution in [2.45, 2.75) is 13.8 Å². The average Bonchev–Trinajstić information content (AvgIpc) is 2.65. The Hall–Kier alpha value is -2.80. The van der Waals surface area contributed by atoms with Gasteiger partial charge in [0.05, 0.1) is 31.7 Å². The molecule has 0 radical (unpaired) electrons. The second-order valence-corrected chi connectivity index (χ2v) is 6.12. The molecule has 2 aromatic carbocycles. The summed E-state index contributed by atoms with van der Waals surface area (Å²) in [5, 5.41) is 5.39. The molecule has 2 aromatic rings. The van der Waals surface area contributed by atoms with Crippen molar-refractivity contribution in [3.8, 4) is 0 Å². The van der Waals surface area contributed by atoms with Crippen LogP contribution < -0.4 is 15.5 Å². The molecule has 0 aromatic heterocycles. The van der Waals surface area contributed by atoms with Crippen LogP contribution in [0.4, 0.5) is 14.5 Å². The lowest BCUT2D eigenvalue weighted by Gasteiger charge is -2.15. The Labute approximate surface area is 157 Å². The molecule has 0 heterocycles. The van der Waals surface area contributed by atoms with Crippen LogP contribution >= 0.6 is 0 Å². The number of nitrogens with one attached hydrogen (secondary N) is 3. The van der Waals surface area contributed by atoms with Crippen molar-refractivity contribution in [1.29, 1.82) is 0 Å². The van der Waals surface area contributed by atoms with Gasteiger partial charge in [0.25, 0.3) is 11.8 Å². The molecule has 7 heteroatoms. The van der Waals surface area contributed by atoms with Gasteiger partial charge in [0.2, 0.25) is 0 Å². The molecule has 0 saturated heterocycles. The molecule has 0 bridgehead atoms. The highest BCUT2D eigenvalue weighted by atomic mass is 19.1. The van der Waals surface area contributed by atoms with E-state index >= 15 is 0 Å². The highest BCUT2D eigenvalue weighted by molar-refractivity contribution is 6.04. The number of quaternary nitrogens is 1. The number of anilines is 1. The van der Waals surface area contributed by atoms with E-state index in [-0.39, 0.29) is 11.5 Å². The molecule has 0 unspecified atom stereocenters. The van der Waals surface area contributed by atoms with Crippen LogP contribution in [-0.4, -0.2) is 38.0 Å². The zero-order valence-corrected chi connectivity index (χ0v) is 15.4. The Balaban J connectivity index is 1.92. The minimum absolute atomic E-state index is 0.191. The number of amides is 2. The summed E-state index contributed by atoms with van der Waals surface area (Å²) in [6.45, 7) is 7.66. The van der Waals surface area contributed by atoms with E-state index in [1.165, 1.54) is 4.90 Å². The molecule has 0 aliphatic carbocycles. The average molecular weight is 376 g/mol. The minimum atomic E-state index is -0.932. The topological polar surface area (TPSA) is 62.6 Å². The predicted octanol–water partition coefficient (Wildman–Crippen LogP) is 1.87. The lowest BCUT2D eigenvalue weighted by molar-refractivity contribution is -0.895. The third-order valence-electron chi connectivity index (χ3n) is 4.34. The Bertz CT molecular complexity index is 790. The van der Waals surface area contributed by atoms with Crippen molar-refractivity contribution < 1.29 is 23.3 Å². The monoisotopic (exact) mass is 376 g/mol. The number of carbonyl (C=O) groups excluding carboxylic acids is 2. The van der Waals surface area contributed by atoms with Gasteiger partial charge in [-0.05, 0) is 50.2 Å². The molecular weight excluding hydrogens is 352 g/mol. The first-order valence-electron chi connectivity index (χ1n) is 8.92. The summed E-state index contributed by atoms with van der Waals surface area (Å²) in [7, 11) is 0. The Kier molecular flexibility index (Phi) is 7.43. The third-order valence-corrected chi connectivity index (χ3v) is 4.34. The van der Waals surface area contributed by atoms with Crippen LogP contribution in [0.2, 0.25) is 0 Å². The molecule has 0 saturated carbocycles. The second-order valence-electron chi connectivity index (χ2n) is 6.12. The van der Waals surface area contributed by atoms with Gasteiger partial charge in [-0.1, -0.05) is 0 Å². The minimum Gasteiger partial charge on any atom is -0.346 e. The molecule has 3 N–H and O–H groups in total. The normalized spacial score (nSPS) is 10.7. The predicted molar refractivity (Wildman–Crippen MR) is 100.0 cm³/mol. The van der Waals surface area contributed by atoms with Gasteiger partial charge < -0.3 is 15.5 Å². The Morgan fingerprint density at radius 1 is 0.963 bits per heavy atom. The molecule has 2 rings (SSSR count). The van der Waals surface area contributed by atoms with E-state index in [2.05, 4.69) is 24.5 Å². The van der Waals surface area contributed by atoms with Crippen molar-refractivity contribution in [2.24, 2.45) is 0 Å². The summed E-state index contributed by atoms with van der Waals surface area (Å²) < 4.78 is 26.6. The molecule has 5 nitrogen and oxygen atoms in total. The highest BCUT2D eigenvalue weighted by Crippen LogP contribution is 2.14. The largest absolute Gasteiger partial charge is 0.346 e. The van der Waals surface area contributed by atoms with Gasteiger partial charge in [0.1, 0.15) is 11.6 Å². The van der Waals surface area contributed by atoms with E-state index in [4.69, 9.17) is 0 Å². The number of carbonyl (C=O) groups is 2. The Morgan fingerprint density at radius 3 is 2.22 bits per heavy atom. The number of benzene rings is 2. The second kappa shape index (κ2) is 9.78. The molecule has 0 fully saturated rings. The van der Waals surface area contributed by atoms with E-state index in [1.54, 1.807) is 24.3 Å². The summed E-state index contributed by atoms with van der Waals surface area (Å²) in [5.74, 6) is -2.56. The summed E-state index contributed by atoms with van der Waals surface area (Å²) in [5.41, 5.74) is 0.625. The maximum absolute atomic E-state index is 13.6. The van der Waals surface area contributed by atoms with Gasteiger partial charge in [0, 0.05) is 17.3 Å². The van der Waals surface area contributed by atoms with Gasteiger partial charge in [-0.2, -0.15) is 0 Å². The quantitative estimate of drug-likeness (QED) is 0.659. The molecular formula is C20H24F2N3O2+. The molecule has 144 valence electrons. The Morgan fingerprint density at radius 2 is 1.63 bits per heavy atom. The first-order valence-corrected chi connectivity index (χ1v) is 8.92. The van der Waals surface area contributed by atoms with Gasteiger partial charge >= 0.3 is 0 Å². The number of halogens is 2. The van der Waals surface area contributed by atoms with Gasteiger partial charge in [-0.15, -0.1) is 0 Å². The summed E-state index contributed by atoms with van der Waals surface area (Å²) in [6, 6.07) is 9.04. The fraction of sp³-hybridized carbons (Fsp3) is 0.300. The van der Waals surface area contributed by atoms with Crippen molar-refractivity contribution in [3.05, 3.63) is 65.2 Å². The summed E-state index contributed by atoms with van der Waals surface area (Å²) >= 11 is 0. The van der Waals surface area contributed by atoms with Crippen LogP contribution in [0.25, 0.3) is 0 Å². The molecule has 2 amide bonds. The van der Waals surface area contributed by atoms with E-state index in [0.29, 0.717) is 23.9 Å². The lowest BCUT2D eigenvalue weighted by atomic mass is 10.1.